The predicted molar refractivity (Wildman–Crippen MR) is 127 cm³/mol. The number of phenols is 1. The summed E-state index contributed by atoms with van der Waals surface area (Å²) in [5.41, 5.74) is 1.88. The van der Waals surface area contributed by atoms with Crippen LogP contribution in [-0.4, -0.2) is 44.6 Å². The maximum atomic E-state index is 12.7. The number of non-ortho nitro benzene ring substituents is 1. The fourth-order valence-corrected chi connectivity index (χ4v) is 4.13. The van der Waals surface area contributed by atoms with E-state index in [0.29, 0.717) is 4.91 Å². The van der Waals surface area contributed by atoms with Gasteiger partial charge in [-0.2, -0.15) is 10.1 Å². The summed E-state index contributed by atoms with van der Waals surface area (Å²) in [5, 5.41) is 25.9. The number of phenolic OH excluding ortho intramolecular Hbond substituents is 1. The molecule has 0 aliphatic carbocycles. The van der Waals surface area contributed by atoms with Gasteiger partial charge >= 0.3 is 0 Å². The molecule has 2 aromatic carbocycles. The Bertz CT molecular complexity index is 1080. The quantitative estimate of drug-likeness (QED) is 0.217. The Kier molecular flexibility index (Phi) is 7.03. The first-order chi connectivity index (χ1) is 14.8. The van der Waals surface area contributed by atoms with Crippen molar-refractivity contribution >= 4 is 57.9 Å². The Morgan fingerprint density at radius 2 is 1.90 bits per heavy atom. The molecule has 1 saturated heterocycles. The van der Waals surface area contributed by atoms with Gasteiger partial charge < -0.3 is 10.0 Å². The summed E-state index contributed by atoms with van der Waals surface area (Å²) in [6.45, 7) is 6.01. The molecule has 1 heterocycles. The van der Waals surface area contributed by atoms with Crippen molar-refractivity contribution in [3.63, 3.8) is 0 Å². The van der Waals surface area contributed by atoms with Crippen LogP contribution in [0.3, 0.4) is 0 Å². The molecule has 160 valence electrons. The molecule has 1 aliphatic rings. The Morgan fingerprint density at radius 1 is 1.23 bits per heavy atom. The number of rotatable bonds is 7. The number of nitro benzene ring substituents is 1. The zero-order valence-corrected chi connectivity index (χ0v) is 18.5. The van der Waals surface area contributed by atoms with Crippen LogP contribution in [0.15, 0.2) is 52.5 Å². The van der Waals surface area contributed by atoms with E-state index in [1.807, 2.05) is 24.3 Å². The second kappa shape index (κ2) is 9.71. The maximum absolute atomic E-state index is 12.7. The number of nitrogens with zero attached hydrogens (tertiary/aromatic N) is 4. The molecule has 10 heteroatoms. The van der Waals surface area contributed by atoms with Gasteiger partial charge in [0.2, 0.25) is 0 Å². The van der Waals surface area contributed by atoms with E-state index in [9.17, 15) is 20.0 Å². The number of anilines is 1. The SMILES string of the molecule is CCN(CC)c1ccc(C=C2SC(=S)N(/N=C/c3cc([N+](=O)[O-])ccc3O)C2=O)cc1. The number of thioether (sulfide) groups is 1. The lowest BCUT2D eigenvalue weighted by atomic mass is 10.1. The molecule has 3 rings (SSSR count). The topological polar surface area (TPSA) is 99.3 Å². The number of carbonyl (C=O) groups is 1. The molecule has 0 unspecified atom stereocenters. The van der Waals surface area contributed by atoms with E-state index in [-0.39, 0.29) is 21.3 Å². The monoisotopic (exact) mass is 456 g/mol. The van der Waals surface area contributed by atoms with E-state index >= 15 is 0 Å². The zero-order valence-electron chi connectivity index (χ0n) is 16.9. The van der Waals surface area contributed by atoms with Crippen molar-refractivity contribution in [2.75, 3.05) is 18.0 Å². The molecule has 1 aliphatic heterocycles. The lowest BCUT2D eigenvalue weighted by Gasteiger charge is -2.20. The van der Waals surface area contributed by atoms with E-state index < -0.39 is 10.8 Å². The van der Waals surface area contributed by atoms with Crippen molar-refractivity contribution in [2.24, 2.45) is 5.10 Å². The highest BCUT2D eigenvalue weighted by Gasteiger charge is 2.32. The molecular weight excluding hydrogens is 436 g/mol. The van der Waals surface area contributed by atoms with Gasteiger partial charge in [-0.1, -0.05) is 23.9 Å². The van der Waals surface area contributed by atoms with Crippen molar-refractivity contribution in [3.05, 3.63) is 68.6 Å². The number of hydrazone groups is 1. The molecular formula is C21H20N4O4S2. The number of carbonyl (C=O) groups excluding carboxylic acids is 1. The van der Waals surface area contributed by atoms with E-state index in [1.165, 1.54) is 24.4 Å². The molecule has 0 aromatic heterocycles. The van der Waals surface area contributed by atoms with Crippen LogP contribution in [0, 0.1) is 10.1 Å². The third-order valence-corrected chi connectivity index (χ3v) is 5.91. The van der Waals surface area contributed by atoms with Crippen molar-refractivity contribution in [1.82, 2.24) is 5.01 Å². The van der Waals surface area contributed by atoms with Crippen LogP contribution in [-0.2, 0) is 4.79 Å². The fraction of sp³-hybridized carbons (Fsp3) is 0.190. The minimum atomic E-state index is -0.579. The number of nitro groups is 1. The summed E-state index contributed by atoms with van der Waals surface area (Å²) in [7, 11) is 0. The smallest absolute Gasteiger partial charge is 0.286 e. The van der Waals surface area contributed by atoms with E-state index in [4.69, 9.17) is 12.2 Å². The van der Waals surface area contributed by atoms with Gasteiger partial charge in [0, 0.05) is 36.5 Å². The minimum absolute atomic E-state index is 0.110. The summed E-state index contributed by atoms with van der Waals surface area (Å²) in [6, 6.07) is 11.4. The molecule has 0 atom stereocenters. The minimum Gasteiger partial charge on any atom is -0.507 e. The second-order valence-corrected chi connectivity index (χ2v) is 8.18. The molecule has 1 amide bonds. The van der Waals surface area contributed by atoms with Crippen LogP contribution in [0.4, 0.5) is 11.4 Å². The average molecular weight is 457 g/mol. The molecule has 1 fully saturated rings. The number of aromatic hydroxyl groups is 1. The standard InChI is InChI=1S/C21H20N4O4S2/c1-3-23(4-2)16-7-5-14(6-8-16)11-19-20(27)24(21(30)31-19)22-13-15-12-17(25(28)29)9-10-18(15)26/h5-13,26H,3-4H2,1-2H3/b19-11?,22-13+. The first-order valence-electron chi connectivity index (χ1n) is 9.48. The summed E-state index contributed by atoms with van der Waals surface area (Å²) >= 11 is 6.37. The largest absolute Gasteiger partial charge is 0.507 e. The van der Waals surface area contributed by atoms with E-state index in [1.54, 1.807) is 6.08 Å². The Balaban J connectivity index is 1.79. The molecule has 0 radical (unpaired) electrons. The number of thiocarbonyl (C=S) groups is 1. The predicted octanol–water partition coefficient (Wildman–Crippen LogP) is 4.38. The third-order valence-electron chi connectivity index (χ3n) is 4.63. The molecule has 2 aromatic rings. The summed E-state index contributed by atoms with van der Waals surface area (Å²) < 4.78 is 0.234. The summed E-state index contributed by atoms with van der Waals surface area (Å²) in [5.74, 6) is -0.590. The normalized spacial score (nSPS) is 15.3. The van der Waals surface area contributed by atoms with Crippen LogP contribution in [0.1, 0.15) is 25.0 Å². The highest BCUT2D eigenvalue weighted by molar-refractivity contribution is 8.26. The average Bonchev–Trinajstić information content (AvgIpc) is 3.02. The van der Waals surface area contributed by atoms with E-state index in [2.05, 4.69) is 23.8 Å². The molecule has 31 heavy (non-hydrogen) atoms. The first-order valence-corrected chi connectivity index (χ1v) is 10.7. The number of amides is 1. The maximum Gasteiger partial charge on any atom is 0.286 e. The summed E-state index contributed by atoms with van der Waals surface area (Å²) in [6.07, 6.45) is 2.92. The van der Waals surface area contributed by atoms with Crippen molar-refractivity contribution in [2.45, 2.75) is 13.8 Å². The summed E-state index contributed by atoms with van der Waals surface area (Å²) in [4.78, 5) is 25.7. The van der Waals surface area contributed by atoms with Gasteiger partial charge in [-0.25, -0.2) is 0 Å². The highest BCUT2D eigenvalue weighted by atomic mass is 32.2. The Hall–Kier alpha value is -3.24. The van der Waals surface area contributed by atoms with Crippen LogP contribution < -0.4 is 4.90 Å². The molecule has 0 bridgehead atoms. The number of benzene rings is 2. The first kappa shape index (κ1) is 22.4. The lowest BCUT2D eigenvalue weighted by Crippen LogP contribution is -2.22. The van der Waals surface area contributed by atoms with Gasteiger partial charge in [-0.3, -0.25) is 14.9 Å². The second-order valence-electron chi connectivity index (χ2n) is 6.50. The van der Waals surface area contributed by atoms with Gasteiger partial charge in [0.05, 0.1) is 16.0 Å². The zero-order chi connectivity index (χ0) is 22.5. The van der Waals surface area contributed by atoms with Crippen LogP contribution in [0.2, 0.25) is 0 Å². The fourth-order valence-electron chi connectivity index (χ4n) is 2.96. The van der Waals surface area contributed by atoms with Gasteiger partial charge in [-0.05, 0) is 55.9 Å². The Labute approximate surface area is 189 Å². The van der Waals surface area contributed by atoms with Gasteiger partial charge in [0.1, 0.15) is 5.75 Å². The third kappa shape index (κ3) is 5.09. The lowest BCUT2D eigenvalue weighted by molar-refractivity contribution is -0.384. The van der Waals surface area contributed by atoms with Crippen LogP contribution >= 0.6 is 24.0 Å². The van der Waals surface area contributed by atoms with E-state index in [0.717, 1.165) is 41.1 Å². The van der Waals surface area contributed by atoms with Crippen LogP contribution in [0.25, 0.3) is 6.08 Å². The van der Waals surface area contributed by atoms with Gasteiger partial charge in [-0.15, -0.1) is 0 Å². The molecule has 0 spiro atoms. The molecule has 0 saturated carbocycles. The highest BCUT2D eigenvalue weighted by Crippen LogP contribution is 2.33. The van der Waals surface area contributed by atoms with Gasteiger partial charge in [0.25, 0.3) is 11.6 Å². The van der Waals surface area contributed by atoms with Crippen molar-refractivity contribution < 1.29 is 14.8 Å². The number of hydrogen-bond acceptors (Lipinski definition) is 8. The Morgan fingerprint density at radius 3 is 2.52 bits per heavy atom. The van der Waals surface area contributed by atoms with Crippen molar-refractivity contribution in [3.8, 4) is 5.75 Å². The van der Waals surface area contributed by atoms with Crippen LogP contribution in [0.5, 0.6) is 5.75 Å². The number of hydrogen-bond donors (Lipinski definition) is 1. The van der Waals surface area contributed by atoms with Gasteiger partial charge in [0.15, 0.2) is 4.32 Å². The molecule has 1 N–H and O–H groups in total. The molecule has 8 nitrogen and oxygen atoms in total. The van der Waals surface area contributed by atoms with Crippen molar-refractivity contribution in [1.29, 1.82) is 0 Å².